The van der Waals surface area contributed by atoms with Gasteiger partial charge in [0.15, 0.2) is 5.78 Å². The molecule has 0 unspecified atom stereocenters. The molecule has 0 aliphatic carbocycles. The number of phenolic OH excluding ortho intramolecular Hbond substituents is 1. The molecule has 0 aromatic heterocycles. The third-order valence-electron chi connectivity index (χ3n) is 3.45. The lowest BCUT2D eigenvalue weighted by Crippen LogP contribution is -2.02. The largest absolute Gasteiger partial charge is 0.507 e. The summed E-state index contributed by atoms with van der Waals surface area (Å²) in [4.78, 5) is 12.4. The number of carbonyl (C=O) groups excluding carboxylic acids is 1. The Morgan fingerprint density at radius 1 is 1.18 bits per heavy atom. The van der Waals surface area contributed by atoms with Crippen molar-refractivity contribution in [3.63, 3.8) is 0 Å². The molecule has 2 aromatic carbocycles. The Kier molecular flexibility index (Phi) is 5.50. The summed E-state index contributed by atoms with van der Waals surface area (Å²) in [6.07, 6.45) is 1.53. The second-order valence-corrected chi connectivity index (χ2v) is 5.72. The fraction of sp³-hybridized carbons (Fsp3) is 0.278. The molecule has 4 heteroatoms. The summed E-state index contributed by atoms with van der Waals surface area (Å²) in [5.41, 5.74) is 2.06. The van der Waals surface area contributed by atoms with Crippen LogP contribution >= 0.6 is 12.6 Å². The normalized spacial score (nSPS) is 10.5. The molecule has 0 bridgehead atoms. The summed E-state index contributed by atoms with van der Waals surface area (Å²) in [5, 5.41) is 10.3. The number of ketones is 1. The molecule has 0 aliphatic heterocycles. The van der Waals surface area contributed by atoms with E-state index in [-0.39, 0.29) is 11.5 Å². The van der Waals surface area contributed by atoms with Gasteiger partial charge in [-0.3, -0.25) is 4.79 Å². The van der Waals surface area contributed by atoms with E-state index in [0.717, 1.165) is 16.9 Å². The summed E-state index contributed by atoms with van der Waals surface area (Å²) in [6, 6.07) is 11.1. The van der Waals surface area contributed by atoms with Gasteiger partial charge in [0.05, 0.1) is 5.56 Å². The van der Waals surface area contributed by atoms with Crippen molar-refractivity contribution in [2.24, 2.45) is 0 Å². The van der Waals surface area contributed by atoms with Gasteiger partial charge in [-0.1, -0.05) is 25.5 Å². The third kappa shape index (κ3) is 3.83. The molecule has 0 fully saturated rings. The Bertz CT molecular complexity index is 663. The molecule has 3 nitrogen and oxygen atoms in total. The van der Waals surface area contributed by atoms with Crippen LogP contribution in [0.15, 0.2) is 41.3 Å². The number of hydrogen-bond donors (Lipinski definition) is 2. The Labute approximate surface area is 136 Å². The van der Waals surface area contributed by atoms with Crippen molar-refractivity contribution < 1.29 is 14.6 Å². The predicted octanol–water partition coefficient (Wildman–Crippen LogP) is 4.42. The van der Waals surface area contributed by atoms with Gasteiger partial charge >= 0.3 is 0 Å². The van der Waals surface area contributed by atoms with Crippen molar-refractivity contribution >= 4 is 18.4 Å². The van der Waals surface area contributed by atoms with E-state index in [2.05, 4.69) is 12.6 Å². The van der Waals surface area contributed by atoms with E-state index in [1.54, 1.807) is 12.1 Å². The lowest BCUT2D eigenvalue weighted by Gasteiger charge is -2.14. The minimum Gasteiger partial charge on any atom is -0.507 e. The number of hydrogen-bond acceptors (Lipinski definition) is 4. The first-order valence-electron chi connectivity index (χ1n) is 7.29. The fourth-order valence-electron chi connectivity index (χ4n) is 2.28. The molecule has 0 spiro atoms. The molecule has 22 heavy (non-hydrogen) atoms. The zero-order valence-corrected chi connectivity index (χ0v) is 13.7. The number of ether oxygens (including phenoxy) is 1. The molecular weight excluding hydrogens is 296 g/mol. The number of rotatable bonds is 6. The first-order chi connectivity index (χ1) is 10.5. The minimum absolute atomic E-state index is 0.0394. The van der Waals surface area contributed by atoms with E-state index < -0.39 is 0 Å². The van der Waals surface area contributed by atoms with Crippen LogP contribution in [0.4, 0.5) is 0 Å². The monoisotopic (exact) mass is 316 g/mol. The highest BCUT2D eigenvalue weighted by molar-refractivity contribution is 7.80. The summed E-state index contributed by atoms with van der Waals surface area (Å²) < 4.78 is 5.83. The number of carbonyl (C=O) groups is 1. The molecule has 0 saturated heterocycles. The van der Waals surface area contributed by atoms with Crippen molar-refractivity contribution in [1.29, 1.82) is 0 Å². The molecular formula is C18H20O3S. The second-order valence-electron chi connectivity index (χ2n) is 5.20. The van der Waals surface area contributed by atoms with Crippen LogP contribution in [-0.4, -0.2) is 10.9 Å². The van der Waals surface area contributed by atoms with Gasteiger partial charge in [0.2, 0.25) is 0 Å². The quantitative estimate of drug-likeness (QED) is 0.613. The highest BCUT2D eigenvalue weighted by atomic mass is 32.1. The average molecular weight is 316 g/mol. The maximum Gasteiger partial charge on any atom is 0.163 e. The van der Waals surface area contributed by atoms with Crippen molar-refractivity contribution in [1.82, 2.24) is 0 Å². The Morgan fingerprint density at radius 3 is 2.45 bits per heavy atom. The van der Waals surface area contributed by atoms with Crippen LogP contribution in [0.25, 0.3) is 0 Å². The van der Waals surface area contributed by atoms with Crippen LogP contribution in [0, 0.1) is 0 Å². The van der Waals surface area contributed by atoms with Crippen LogP contribution in [-0.2, 0) is 13.0 Å². The van der Waals surface area contributed by atoms with Gasteiger partial charge in [-0.05, 0) is 43.2 Å². The molecule has 116 valence electrons. The molecule has 0 radical (unpaired) electrons. The number of Topliss-reactive ketones (excluding diaryl/α,β-unsaturated/α-hetero) is 1. The first-order valence-corrected chi connectivity index (χ1v) is 7.74. The number of thiol groups is 1. The molecule has 0 amide bonds. The Hall–Kier alpha value is -1.94. The van der Waals surface area contributed by atoms with Crippen molar-refractivity contribution in [2.45, 2.75) is 38.2 Å². The van der Waals surface area contributed by atoms with Crippen molar-refractivity contribution in [3.05, 3.63) is 53.1 Å². The van der Waals surface area contributed by atoms with E-state index in [1.807, 2.05) is 31.2 Å². The molecule has 0 atom stereocenters. The van der Waals surface area contributed by atoms with Gasteiger partial charge in [-0.25, -0.2) is 0 Å². The molecule has 2 aromatic rings. The SMILES string of the molecule is CCCc1c(OCc2ccc(S)cc2)ccc(C(C)=O)c1O. The summed E-state index contributed by atoms with van der Waals surface area (Å²) in [5.74, 6) is 0.516. The van der Waals surface area contributed by atoms with Gasteiger partial charge in [-0.15, -0.1) is 12.6 Å². The van der Waals surface area contributed by atoms with E-state index >= 15 is 0 Å². The zero-order chi connectivity index (χ0) is 16.1. The van der Waals surface area contributed by atoms with E-state index in [0.29, 0.717) is 29.9 Å². The van der Waals surface area contributed by atoms with Gasteiger partial charge in [0.25, 0.3) is 0 Å². The van der Waals surface area contributed by atoms with Crippen molar-refractivity contribution in [2.75, 3.05) is 0 Å². The molecule has 2 rings (SSSR count). The van der Waals surface area contributed by atoms with Gasteiger partial charge in [0.1, 0.15) is 18.1 Å². The van der Waals surface area contributed by atoms with Crippen LogP contribution in [0.1, 0.15) is 41.8 Å². The predicted molar refractivity (Wildman–Crippen MR) is 90.1 cm³/mol. The van der Waals surface area contributed by atoms with Crippen LogP contribution < -0.4 is 4.74 Å². The molecule has 0 aliphatic rings. The van der Waals surface area contributed by atoms with E-state index in [1.165, 1.54) is 6.92 Å². The Morgan fingerprint density at radius 2 is 1.86 bits per heavy atom. The number of phenols is 1. The zero-order valence-electron chi connectivity index (χ0n) is 12.8. The summed E-state index contributed by atoms with van der Waals surface area (Å²) in [6.45, 7) is 3.88. The molecule has 0 saturated carbocycles. The summed E-state index contributed by atoms with van der Waals surface area (Å²) >= 11 is 4.25. The average Bonchev–Trinajstić information content (AvgIpc) is 2.49. The maximum atomic E-state index is 11.5. The van der Waals surface area contributed by atoms with E-state index in [9.17, 15) is 9.90 Å². The van der Waals surface area contributed by atoms with Gasteiger partial charge < -0.3 is 9.84 Å². The smallest absolute Gasteiger partial charge is 0.163 e. The Balaban J connectivity index is 2.24. The van der Waals surface area contributed by atoms with Crippen LogP contribution in [0.2, 0.25) is 0 Å². The second kappa shape index (κ2) is 7.36. The minimum atomic E-state index is -0.147. The van der Waals surface area contributed by atoms with Crippen LogP contribution in [0.5, 0.6) is 11.5 Å². The topological polar surface area (TPSA) is 46.5 Å². The van der Waals surface area contributed by atoms with Gasteiger partial charge in [-0.2, -0.15) is 0 Å². The maximum absolute atomic E-state index is 11.5. The van der Waals surface area contributed by atoms with Crippen LogP contribution in [0.3, 0.4) is 0 Å². The number of benzene rings is 2. The first kappa shape index (κ1) is 16.4. The van der Waals surface area contributed by atoms with Gasteiger partial charge in [0, 0.05) is 10.5 Å². The highest BCUT2D eigenvalue weighted by Crippen LogP contribution is 2.33. The third-order valence-corrected chi connectivity index (χ3v) is 3.75. The standard InChI is InChI=1S/C18H20O3S/c1-3-4-16-17(10-9-15(12(2)19)18(16)20)21-11-13-5-7-14(22)8-6-13/h5-10,20,22H,3-4,11H2,1-2H3. The number of aromatic hydroxyl groups is 1. The summed E-state index contributed by atoms with van der Waals surface area (Å²) in [7, 11) is 0. The lowest BCUT2D eigenvalue weighted by atomic mass is 10.0. The lowest BCUT2D eigenvalue weighted by molar-refractivity contribution is 0.101. The molecule has 0 heterocycles. The van der Waals surface area contributed by atoms with E-state index in [4.69, 9.17) is 4.74 Å². The molecule has 1 N–H and O–H groups in total. The fourth-order valence-corrected chi connectivity index (χ4v) is 2.43. The van der Waals surface area contributed by atoms with Crippen molar-refractivity contribution in [3.8, 4) is 11.5 Å². The highest BCUT2D eigenvalue weighted by Gasteiger charge is 2.15.